The van der Waals surface area contributed by atoms with Gasteiger partial charge in [0.2, 0.25) is 0 Å². The molecule has 0 aliphatic carbocycles. The van der Waals surface area contributed by atoms with Gasteiger partial charge < -0.3 is 9.88 Å². The van der Waals surface area contributed by atoms with Crippen molar-refractivity contribution in [3.63, 3.8) is 0 Å². The van der Waals surface area contributed by atoms with Crippen LogP contribution < -0.4 is 10.9 Å². The monoisotopic (exact) mass is 428 g/mol. The molecule has 3 aromatic rings. The highest BCUT2D eigenvalue weighted by Crippen LogP contribution is 2.39. The molecule has 0 fully saturated rings. The first-order valence-electron chi connectivity index (χ1n) is 9.56. The van der Waals surface area contributed by atoms with Crippen LogP contribution in [-0.4, -0.2) is 10.3 Å². The quantitative estimate of drug-likeness (QED) is 0.613. The van der Waals surface area contributed by atoms with Crippen LogP contribution in [0, 0.1) is 5.82 Å². The summed E-state index contributed by atoms with van der Waals surface area (Å²) in [7, 11) is 1.77. The van der Waals surface area contributed by atoms with Gasteiger partial charge in [-0.3, -0.25) is 4.79 Å². The Morgan fingerprint density at radius 3 is 2.72 bits per heavy atom. The van der Waals surface area contributed by atoms with Crippen LogP contribution in [-0.2, 0) is 19.3 Å². The van der Waals surface area contributed by atoms with Crippen LogP contribution in [0.4, 0.5) is 4.39 Å². The van der Waals surface area contributed by atoms with Crippen molar-refractivity contribution in [2.45, 2.75) is 25.3 Å². The van der Waals surface area contributed by atoms with E-state index in [2.05, 4.69) is 30.4 Å². The molecule has 1 aliphatic rings. The van der Waals surface area contributed by atoms with Gasteiger partial charge in [0, 0.05) is 42.2 Å². The first kappa shape index (κ1) is 20.2. The number of nitrogens with zero attached hydrogens (tertiary/aromatic N) is 1. The number of rotatable bonds is 4. The zero-order chi connectivity index (χ0) is 20.5. The van der Waals surface area contributed by atoms with Gasteiger partial charge in [0.25, 0.3) is 5.56 Å². The van der Waals surface area contributed by atoms with E-state index in [1.54, 1.807) is 23.7 Å². The average Bonchev–Trinajstić information content (AvgIpc) is 2.84. The topological polar surface area (TPSA) is 34.0 Å². The average molecular weight is 429 g/mol. The maximum atomic E-state index is 13.6. The van der Waals surface area contributed by atoms with E-state index in [4.69, 9.17) is 11.6 Å². The van der Waals surface area contributed by atoms with Crippen LogP contribution in [0.25, 0.3) is 11.1 Å². The summed E-state index contributed by atoms with van der Waals surface area (Å²) in [6.45, 7) is 2.67. The maximum absolute atomic E-state index is 13.6. The molecule has 0 bridgehead atoms. The van der Waals surface area contributed by atoms with Gasteiger partial charge in [-0.2, -0.15) is 11.8 Å². The Morgan fingerprint density at radius 1 is 1.17 bits per heavy atom. The van der Waals surface area contributed by atoms with Crippen LogP contribution in [0.1, 0.15) is 35.2 Å². The second-order valence-electron chi connectivity index (χ2n) is 7.20. The number of aromatic nitrogens is 1. The van der Waals surface area contributed by atoms with Gasteiger partial charge in [0.15, 0.2) is 0 Å². The number of pyridine rings is 1. The Labute approximate surface area is 178 Å². The van der Waals surface area contributed by atoms with Crippen molar-refractivity contribution < 1.29 is 4.39 Å². The Balaban J connectivity index is 1.91. The fraction of sp³-hybridized carbons (Fsp3) is 0.261. The van der Waals surface area contributed by atoms with Crippen molar-refractivity contribution in [3.05, 3.63) is 92.1 Å². The zero-order valence-corrected chi connectivity index (χ0v) is 17.9. The highest BCUT2D eigenvalue weighted by Gasteiger charge is 2.26. The van der Waals surface area contributed by atoms with E-state index in [-0.39, 0.29) is 17.4 Å². The molecule has 1 unspecified atom stereocenters. The molecule has 1 aliphatic heterocycles. The molecule has 4 rings (SSSR count). The molecule has 0 saturated carbocycles. The molecule has 150 valence electrons. The molecular formula is C23H22ClFN2OS. The predicted molar refractivity (Wildman–Crippen MR) is 119 cm³/mol. The Kier molecular flexibility index (Phi) is 5.81. The van der Waals surface area contributed by atoms with Crippen molar-refractivity contribution in [1.82, 2.24) is 9.88 Å². The maximum Gasteiger partial charge on any atom is 0.250 e. The van der Waals surface area contributed by atoms with E-state index < -0.39 is 0 Å². The lowest BCUT2D eigenvalue weighted by Gasteiger charge is -2.21. The van der Waals surface area contributed by atoms with Gasteiger partial charge in [0.1, 0.15) is 5.82 Å². The Hall–Kier alpha value is -2.08. The molecule has 0 radical (unpaired) electrons. The molecule has 1 N–H and O–H groups in total. The summed E-state index contributed by atoms with van der Waals surface area (Å²) < 4.78 is 15.2. The van der Waals surface area contributed by atoms with Crippen LogP contribution in [0.3, 0.4) is 0 Å². The normalized spacial score (nSPS) is 15.5. The molecule has 6 heteroatoms. The fourth-order valence-electron chi connectivity index (χ4n) is 3.79. The highest BCUT2D eigenvalue weighted by molar-refractivity contribution is 7.98. The molecule has 3 nitrogen and oxygen atoms in total. The van der Waals surface area contributed by atoms with Crippen molar-refractivity contribution in [1.29, 1.82) is 0 Å². The number of thioether (sulfide) groups is 1. The van der Waals surface area contributed by atoms with Gasteiger partial charge in [0.05, 0.1) is 6.04 Å². The smallest absolute Gasteiger partial charge is 0.250 e. The second-order valence-corrected chi connectivity index (χ2v) is 8.88. The molecule has 0 spiro atoms. The predicted octanol–water partition coefficient (Wildman–Crippen LogP) is 5.29. The van der Waals surface area contributed by atoms with E-state index in [0.29, 0.717) is 11.6 Å². The lowest BCUT2D eigenvalue weighted by molar-refractivity contribution is 0.603. The minimum absolute atomic E-state index is 0.0388. The lowest BCUT2D eigenvalue weighted by Crippen LogP contribution is -2.22. The summed E-state index contributed by atoms with van der Waals surface area (Å²) in [5.74, 6) is 1.63. The largest absolute Gasteiger partial charge is 0.318 e. The van der Waals surface area contributed by atoms with E-state index in [9.17, 15) is 9.18 Å². The molecule has 1 atom stereocenters. The number of hydrogen-bond acceptors (Lipinski definition) is 3. The van der Waals surface area contributed by atoms with Crippen molar-refractivity contribution in [2.75, 3.05) is 5.75 Å². The van der Waals surface area contributed by atoms with Gasteiger partial charge in [-0.15, -0.1) is 0 Å². The lowest BCUT2D eigenvalue weighted by atomic mass is 9.90. The summed E-state index contributed by atoms with van der Waals surface area (Å²) in [5, 5.41) is 3.91. The van der Waals surface area contributed by atoms with Crippen LogP contribution >= 0.6 is 23.4 Å². The first-order valence-corrected chi connectivity index (χ1v) is 11.1. The number of hydrogen-bond donors (Lipinski definition) is 1. The van der Waals surface area contributed by atoms with Gasteiger partial charge in [-0.25, -0.2) is 4.39 Å². The molecule has 0 amide bonds. The summed E-state index contributed by atoms with van der Waals surface area (Å²) in [6.07, 6.45) is 1.91. The number of halogens is 2. The van der Waals surface area contributed by atoms with E-state index in [1.165, 1.54) is 17.7 Å². The summed E-state index contributed by atoms with van der Waals surface area (Å²) in [5.41, 5.74) is 6.17. The first-order chi connectivity index (χ1) is 14.0. The van der Waals surface area contributed by atoms with Crippen LogP contribution in [0.2, 0.25) is 5.02 Å². The van der Waals surface area contributed by atoms with Crippen molar-refractivity contribution >= 4 is 23.4 Å². The standard InChI is InChI=1S/C23H22ClFN2OS/c1-3-29-13-14-4-6-17-19(8-14)20-12-27(2)22(28)9-15(20)11-26-23(17)18-7-5-16(25)10-21(18)24/h4-10,12,23,26H,3,11,13H2,1-2H3. The minimum atomic E-state index is -0.356. The molecule has 0 saturated heterocycles. The summed E-state index contributed by atoms with van der Waals surface area (Å²) in [4.78, 5) is 12.2. The molecular weight excluding hydrogens is 407 g/mol. The molecule has 2 heterocycles. The number of nitrogens with one attached hydrogen (secondary N) is 1. The van der Waals surface area contributed by atoms with E-state index in [1.807, 2.05) is 18.0 Å². The third-order valence-electron chi connectivity index (χ3n) is 5.28. The van der Waals surface area contributed by atoms with Crippen molar-refractivity contribution in [2.24, 2.45) is 7.05 Å². The van der Waals surface area contributed by atoms with Gasteiger partial charge in [-0.05, 0) is 51.8 Å². The van der Waals surface area contributed by atoms with E-state index >= 15 is 0 Å². The Bertz CT molecular complexity index is 1130. The number of benzene rings is 2. The fourth-order valence-corrected chi connectivity index (χ4v) is 4.69. The van der Waals surface area contributed by atoms with E-state index in [0.717, 1.165) is 39.3 Å². The third kappa shape index (κ3) is 4.00. The zero-order valence-electron chi connectivity index (χ0n) is 16.3. The number of aryl methyl sites for hydroxylation is 1. The summed E-state index contributed by atoms with van der Waals surface area (Å²) in [6, 6.07) is 12.5. The highest BCUT2D eigenvalue weighted by atomic mass is 35.5. The molecule has 1 aromatic heterocycles. The minimum Gasteiger partial charge on any atom is -0.318 e. The third-order valence-corrected chi connectivity index (χ3v) is 6.55. The van der Waals surface area contributed by atoms with Crippen LogP contribution in [0.15, 0.2) is 53.5 Å². The van der Waals surface area contributed by atoms with Gasteiger partial charge >= 0.3 is 0 Å². The Morgan fingerprint density at radius 2 is 1.97 bits per heavy atom. The van der Waals surface area contributed by atoms with Crippen molar-refractivity contribution in [3.8, 4) is 11.1 Å². The SMILES string of the molecule is CCSCc1ccc2c(c1)-c1cn(C)c(=O)cc1CNC2c1ccc(F)cc1Cl. The molecule has 2 aromatic carbocycles. The van der Waals surface area contributed by atoms with Gasteiger partial charge in [-0.1, -0.05) is 36.7 Å². The second kappa shape index (κ2) is 8.34. The number of fused-ring (bicyclic) bond motifs is 3. The molecule has 29 heavy (non-hydrogen) atoms. The van der Waals surface area contributed by atoms with Crippen LogP contribution in [0.5, 0.6) is 0 Å². The summed E-state index contributed by atoms with van der Waals surface area (Å²) >= 11 is 8.28.